The quantitative estimate of drug-likeness (QED) is 0.247. The van der Waals surface area contributed by atoms with Gasteiger partial charge in [-0.05, 0) is 55.7 Å². The average Bonchev–Trinajstić information content (AvgIpc) is 3.20. The molecule has 0 bridgehead atoms. The van der Waals surface area contributed by atoms with Gasteiger partial charge in [-0.25, -0.2) is 0 Å². The number of thioether (sulfide) groups is 1. The fraction of sp³-hybridized carbons (Fsp3) is 0.308. The minimum Gasteiger partial charge on any atom is -0.342 e. The fourth-order valence-electron chi connectivity index (χ4n) is 3.48. The molecule has 2 aromatic carbocycles. The molecule has 0 aliphatic rings. The Morgan fingerprint density at radius 3 is 2.49 bits per heavy atom. The van der Waals surface area contributed by atoms with Crippen LogP contribution >= 0.6 is 27.7 Å². The number of nitrogens with one attached hydrogen (secondary N) is 2. The summed E-state index contributed by atoms with van der Waals surface area (Å²) in [5, 5.41) is 15.4. The molecule has 3 rings (SSSR count). The van der Waals surface area contributed by atoms with Crippen LogP contribution in [0.5, 0.6) is 0 Å². The van der Waals surface area contributed by atoms with Crippen LogP contribution in [0, 0.1) is 19.8 Å². The lowest BCUT2D eigenvalue weighted by Gasteiger charge is -2.22. The lowest BCUT2D eigenvalue weighted by molar-refractivity contribution is -0.113. The predicted octanol–water partition coefficient (Wildman–Crippen LogP) is 5.70. The first kappa shape index (κ1) is 26.7. The number of carbonyl (C=O) groups excluding carboxylic acids is 2. The molecule has 0 unspecified atom stereocenters. The minimum absolute atomic E-state index is 0.0682. The highest BCUT2D eigenvalue weighted by molar-refractivity contribution is 9.10. The lowest BCUT2D eigenvalue weighted by Crippen LogP contribution is -2.33. The predicted molar refractivity (Wildman–Crippen MR) is 145 cm³/mol. The number of benzene rings is 2. The van der Waals surface area contributed by atoms with Gasteiger partial charge in [-0.1, -0.05) is 65.3 Å². The van der Waals surface area contributed by atoms with Gasteiger partial charge in [0.2, 0.25) is 5.91 Å². The maximum atomic E-state index is 12.9. The van der Waals surface area contributed by atoms with E-state index < -0.39 is 0 Å². The highest BCUT2D eigenvalue weighted by Crippen LogP contribution is 2.26. The molecule has 2 amide bonds. The molecule has 7 nitrogen and oxygen atoms in total. The molecule has 1 heterocycles. The van der Waals surface area contributed by atoms with Crippen LogP contribution in [0.25, 0.3) is 0 Å². The molecule has 3 aromatic rings. The number of hydrogen-bond donors (Lipinski definition) is 2. The number of halogens is 1. The van der Waals surface area contributed by atoms with Crippen LogP contribution in [-0.4, -0.2) is 32.3 Å². The normalized spacial score (nSPS) is 11.8. The molecule has 2 N–H and O–H groups in total. The summed E-state index contributed by atoms with van der Waals surface area (Å²) < 4.78 is 2.86. The largest absolute Gasteiger partial charge is 0.342 e. The Morgan fingerprint density at radius 2 is 1.86 bits per heavy atom. The number of allylic oxidation sites excluding steroid dienone is 1. The summed E-state index contributed by atoms with van der Waals surface area (Å²) in [6.07, 6.45) is 1.75. The maximum Gasteiger partial charge on any atom is 0.251 e. The van der Waals surface area contributed by atoms with Crippen molar-refractivity contribution in [3.8, 4) is 0 Å². The molecule has 0 aliphatic heterocycles. The number of amides is 2. The molecule has 0 saturated heterocycles. The van der Waals surface area contributed by atoms with E-state index in [0.717, 1.165) is 21.3 Å². The second-order valence-electron chi connectivity index (χ2n) is 8.60. The van der Waals surface area contributed by atoms with Crippen LogP contribution in [-0.2, 0) is 11.3 Å². The molecule has 0 fully saturated rings. The Bertz CT molecular complexity index is 1210. The summed E-state index contributed by atoms with van der Waals surface area (Å²) in [4.78, 5) is 25.5. The van der Waals surface area contributed by atoms with Crippen molar-refractivity contribution in [1.82, 2.24) is 20.1 Å². The summed E-state index contributed by atoms with van der Waals surface area (Å²) in [5.74, 6) is 0.566. The molecule has 9 heteroatoms. The molecule has 0 aliphatic carbocycles. The number of hydrogen-bond acceptors (Lipinski definition) is 5. The van der Waals surface area contributed by atoms with Gasteiger partial charge in [-0.2, -0.15) is 0 Å². The summed E-state index contributed by atoms with van der Waals surface area (Å²) in [5.41, 5.74) is 3.42. The Kier molecular flexibility index (Phi) is 9.28. The first-order valence-electron chi connectivity index (χ1n) is 11.3. The second-order valence-corrected chi connectivity index (χ2v) is 10.5. The van der Waals surface area contributed by atoms with E-state index in [0.29, 0.717) is 23.1 Å². The van der Waals surface area contributed by atoms with Crippen molar-refractivity contribution in [2.75, 3.05) is 11.1 Å². The zero-order valence-electron chi connectivity index (χ0n) is 20.3. The van der Waals surface area contributed by atoms with Crippen LogP contribution < -0.4 is 10.6 Å². The molecule has 1 aromatic heterocycles. The van der Waals surface area contributed by atoms with Crippen molar-refractivity contribution in [2.24, 2.45) is 5.92 Å². The molecule has 184 valence electrons. The second kappa shape index (κ2) is 12.2. The van der Waals surface area contributed by atoms with Gasteiger partial charge in [0.05, 0.1) is 11.8 Å². The first-order chi connectivity index (χ1) is 16.7. The van der Waals surface area contributed by atoms with Gasteiger partial charge in [0.1, 0.15) is 0 Å². The third-order valence-corrected chi connectivity index (χ3v) is 6.86. The Morgan fingerprint density at radius 1 is 1.14 bits per heavy atom. The van der Waals surface area contributed by atoms with Crippen molar-refractivity contribution in [3.63, 3.8) is 0 Å². The number of carbonyl (C=O) groups is 2. The van der Waals surface area contributed by atoms with Gasteiger partial charge < -0.3 is 15.2 Å². The third-order valence-electron chi connectivity index (χ3n) is 5.40. The summed E-state index contributed by atoms with van der Waals surface area (Å²) in [6, 6.07) is 12.8. The van der Waals surface area contributed by atoms with Gasteiger partial charge in [0.15, 0.2) is 11.0 Å². The van der Waals surface area contributed by atoms with E-state index >= 15 is 0 Å². The van der Waals surface area contributed by atoms with Crippen molar-refractivity contribution < 1.29 is 9.59 Å². The summed E-state index contributed by atoms with van der Waals surface area (Å²) in [7, 11) is 0. The van der Waals surface area contributed by atoms with Gasteiger partial charge in [-0.3, -0.25) is 9.59 Å². The standard InChI is InChI=1S/C26H30BrN5O2S/c1-6-13-32-24(23(16(2)3)29-25(34)19-9-7-17(4)8-10-19)30-31-26(32)35-15-22(33)28-21-12-11-20(27)14-18(21)5/h6-12,14,16,23H,1,13,15H2,2-5H3,(H,28,33)(H,29,34)/t23-/m0/s1. The lowest BCUT2D eigenvalue weighted by atomic mass is 10.0. The van der Waals surface area contributed by atoms with E-state index in [9.17, 15) is 9.59 Å². The van der Waals surface area contributed by atoms with E-state index in [2.05, 4.69) is 43.3 Å². The molecule has 35 heavy (non-hydrogen) atoms. The number of aromatic nitrogens is 3. The molecule has 1 atom stereocenters. The minimum atomic E-state index is -0.357. The van der Waals surface area contributed by atoms with Crippen LogP contribution in [0.4, 0.5) is 5.69 Å². The SMILES string of the molecule is C=CCn1c(SCC(=O)Nc2ccc(Br)cc2C)nnc1[C@@H](NC(=O)c1ccc(C)cc1)C(C)C. The highest BCUT2D eigenvalue weighted by atomic mass is 79.9. The van der Waals surface area contributed by atoms with Crippen molar-refractivity contribution >= 4 is 45.2 Å². The molecular formula is C26H30BrN5O2S. The van der Waals surface area contributed by atoms with Crippen LogP contribution in [0.1, 0.15) is 47.2 Å². The smallest absolute Gasteiger partial charge is 0.251 e. The van der Waals surface area contributed by atoms with Gasteiger partial charge in [0.25, 0.3) is 5.91 Å². The zero-order valence-corrected chi connectivity index (χ0v) is 22.7. The Hall–Kier alpha value is -2.91. The number of anilines is 1. The van der Waals surface area contributed by atoms with E-state index in [4.69, 9.17) is 0 Å². The van der Waals surface area contributed by atoms with Crippen molar-refractivity contribution in [3.05, 3.63) is 82.1 Å². The van der Waals surface area contributed by atoms with Crippen LogP contribution in [0.3, 0.4) is 0 Å². The van der Waals surface area contributed by atoms with Crippen LogP contribution in [0.2, 0.25) is 0 Å². The van der Waals surface area contributed by atoms with E-state index in [-0.39, 0.29) is 29.5 Å². The van der Waals surface area contributed by atoms with Gasteiger partial charge in [0, 0.05) is 22.3 Å². The number of rotatable bonds is 10. The highest BCUT2D eigenvalue weighted by Gasteiger charge is 2.26. The Balaban J connectivity index is 1.75. The summed E-state index contributed by atoms with van der Waals surface area (Å²) >= 11 is 4.73. The summed E-state index contributed by atoms with van der Waals surface area (Å²) in [6.45, 7) is 12.3. The zero-order chi connectivity index (χ0) is 25.5. The van der Waals surface area contributed by atoms with E-state index in [1.807, 2.05) is 74.7 Å². The molecule has 0 spiro atoms. The number of nitrogens with zero attached hydrogens (tertiary/aromatic N) is 3. The molecular weight excluding hydrogens is 526 g/mol. The van der Waals surface area contributed by atoms with Crippen molar-refractivity contribution in [1.29, 1.82) is 0 Å². The topological polar surface area (TPSA) is 88.9 Å². The Labute approximate surface area is 218 Å². The fourth-order valence-corrected chi connectivity index (χ4v) is 4.71. The first-order valence-corrected chi connectivity index (χ1v) is 13.1. The van der Waals surface area contributed by atoms with Gasteiger partial charge >= 0.3 is 0 Å². The maximum absolute atomic E-state index is 12.9. The van der Waals surface area contributed by atoms with Crippen molar-refractivity contribution in [2.45, 2.75) is 45.4 Å². The molecule has 0 radical (unpaired) electrons. The van der Waals surface area contributed by atoms with E-state index in [1.165, 1.54) is 11.8 Å². The molecule has 0 saturated carbocycles. The number of aryl methyl sites for hydroxylation is 2. The third kappa shape index (κ3) is 7.05. The van der Waals surface area contributed by atoms with Crippen LogP contribution in [0.15, 0.2) is 64.7 Å². The van der Waals surface area contributed by atoms with E-state index in [1.54, 1.807) is 6.08 Å². The van der Waals surface area contributed by atoms with Gasteiger partial charge in [-0.15, -0.1) is 16.8 Å². The average molecular weight is 557 g/mol. The monoisotopic (exact) mass is 555 g/mol.